The lowest BCUT2D eigenvalue weighted by molar-refractivity contribution is -0.105. The molecule has 0 N–H and O–H groups in total. The van der Waals surface area contributed by atoms with Gasteiger partial charge in [0, 0.05) is 11.1 Å². The Morgan fingerprint density at radius 1 is 1.55 bits per heavy atom. The van der Waals surface area contributed by atoms with Crippen molar-refractivity contribution in [2.24, 2.45) is 10.2 Å². The predicted octanol–water partition coefficient (Wildman–Crippen LogP) is 0.882. The average molecular weight is 146 g/mol. The van der Waals surface area contributed by atoms with E-state index >= 15 is 0 Å². The van der Waals surface area contributed by atoms with Crippen LogP contribution in [0.5, 0.6) is 0 Å². The molecule has 0 unspecified atom stereocenters. The average Bonchev–Trinajstić information content (AvgIpc) is 2.50. The van der Waals surface area contributed by atoms with Crippen molar-refractivity contribution in [1.82, 2.24) is 0 Å². The minimum absolute atomic E-state index is 0.698. The van der Waals surface area contributed by atoms with Gasteiger partial charge in [0.15, 0.2) is 0 Å². The number of hydrogen-bond donors (Lipinski definition) is 0. The number of hydrogen-bond acceptors (Lipinski definition) is 3. The van der Waals surface area contributed by atoms with Crippen molar-refractivity contribution >= 4 is 18.2 Å². The van der Waals surface area contributed by atoms with E-state index in [2.05, 4.69) is 10.2 Å². The molecule has 0 amide bonds. The van der Waals surface area contributed by atoms with Gasteiger partial charge in [-0.15, -0.1) is 0 Å². The van der Waals surface area contributed by atoms with E-state index in [1.165, 1.54) is 0 Å². The summed E-state index contributed by atoms with van der Waals surface area (Å²) in [5.74, 6) is 0. The minimum Gasteiger partial charge on any atom is -0.298 e. The second kappa shape index (κ2) is 2.27. The first-order chi connectivity index (χ1) is 5.42. The summed E-state index contributed by atoms with van der Waals surface area (Å²) in [4.78, 5) is 10.5. The van der Waals surface area contributed by atoms with Crippen LogP contribution in [0.4, 0.5) is 0 Å². The molecule has 1 aliphatic heterocycles. The monoisotopic (exact) mass is 146 g/mol. The first kappa shape index (κ1) is 6.22. The van der Waals surface area contributed by atoms with Crippen LogP contribution in [-0.2, 0) is 4.79 Å². The molecule has 0 aromatic carbocycles. The molecule has 3 nitrogen and oxygen atoms in total. The zero-order valence-corrected chi connectivity index (χ0v) is 5.82. The molecule has 0 bridgehead atoms. The summed E-state index contributed by atoms with van der Waals surface area (Å²) in [5, 5.41) is 7.56. The van der Waals surface area contributed by atoms with E-state index < -0.39 is 0 Å². The highest BCUT2D eigenvalue weighted by molar-refractivity contribution is 6.26. The highest BCUT2D eigenvalue weighted by Gasteiger charge is 2.15. The number of carbonyl (C=O) groups is 1. The van der Waals surface area contributed by atoms with Gasteiger partial charge in [-0.1, -0.05) is 6.08 Å². The van der Waals surface area contributed by atoms with E-state index in [4.69, 9.17) is 0 Å². The highest BCUT2D eigenvalue weighted by Crippen LogP contribution is 2.17. The molecular weight excluding hydrogens is 140 g/mol. The third-order valence-electron chi connectivity index (χ3n) is 1.73. The van der Waals surface area contributed by atoms with Crippen LogP contribution in [0.1, 0.15) is 6.42 Å². The molecule has 2 aliphatic rings. The first-order valence-electron chi connectivity index (χ1n) is 3.38. The maximum absolute atomic E-state index is 10.5. The molecule has 3 heteroatoms. The largest absolute Gasteiger partial charge is 0.298 e. The van der Waals surface area contributed by atoms with Gasteiger partial charge in [0.25, 0.3) is 0 Å². The lowest BCUT2D eigenvalue weighted by Gasteiger charge is -2.04. The molecule has 11 heavy (non-hydrogen) atoms. The van der Waals surface area contributed by atoms with Crippen molar-refractivity contribution in [2.45, 2.75) is 6.42 Å². The molecule has 1 heterocycles. The van der Waals surface area contributed by atoms with Crippen molar-refractivity contribution < 1.29 is 4.79 Å². The number of carbonyl (C=O) groups excluding carboxylic acids is 1. The van der Waals surface area contributed by atoms with Crippen molar-refractivity contribution in [3.63, 3.8) is 0 Å². The van der Waals surface area contributed by atoms with Crippen molar-refractivity contribution in [3.05, 3.63) is 23.3 Å². The second-order valence-electron chi connectivity index (χ2n) is 2.39. The van der Waals surface area contributed by atoms with Crippen LogP contribution in [-0.4, -0.2) is 18.2 Å². The second-order valence-corrected chi connectivity index (χ2v) is 2.39. The maximum Gasteiger partial charge on any atom is 0.147 e. The zero-order valence-electron chi connectivity index (χ0n) is 5.82. The molecule has 54 valence electrons. The summed E-state index contributed by atoms with van der Waals surface area (Å²) in [6.07, 6.45) is 6.99. The highest BCUT2D eigenvalue weighted by atomic mass is 16.1. The molecule has 2 rings (SSSR count). The van der Waals surface area contributed by atoms with Gasteiger partial charge in [-0.05, 0) is 12.5 Å². The van der Waals surface area contributed by atoms with E-state index in [1.54, 1.807) is 6.21 Å². The van der Waals surface area contributed by atoms with E-state index in [1.807, 2.05) is 12.2 Å². The van der Waals surface area contributed by atoms with Crippen LogP contribution in [0.25, 0.3) is 0 Å². The minimum atomic E-state index is 0.698. The lowest BCUT2D eigenvalue weighted by Crippen LogP contribution is -2.05. The summed E-state index contributed by atoms with van der Waals surface area (Å²) < 4.78 is 0. The molecule has 0 aromatic heterocycles. The van der Waals surface area contributed by atoms with Gasteiger partial charge in [-0.2, -0.15) is 10.2 Å². The molecule has 0 aromatic rings. The van der Waals surface area contributed by atoms with Gasteiger partial charge in [0.05, 0.1) is 11.9 Å². The third-order valence-corrected chi connectivity index (χ3v) is 1.73. The van der Waals surface area contributed by atoms with E-state index in [-0.39, 0.29) is 0 Å². The Balaban J connectivity index is 2.52. The quantitative estimate of drug-likeness (QED) is 0.506. The Morgan fingerprint density at radius 3 is 3.27 bits per heavy atom. The normalized spacial score (nSPS) is 20.2. The fourth-order valence-corrected chi connectivity index (χ4v) is 1.16. The van der Waals surface area contributed by atoms with Crippen LogP contribution < -0.4 is 0 Å². The topological polar surface area (TPSA) is 41.8 Å². The standard InChI is InChI=1S/C8H6N2O/c11-5-6-2-1-3-8-7(6)4-9-10-8/h1,3-5H,2H2. The van der Waals surface area contributed by atoms with Crippen LogP contribution in [0.3, 0.4) is 0 Å². The van der Waals surface area contributed by atoms with Crippen LogP contribution >= 0.6 is 0 Å². The summed E-state index contributed by atoms with van der Waals surface area (Å²) in [5.41, 5.74) is 2.45. The first-order valence-corrected chi connectivity index (χ1v) is 3.38. The van der Waals surface area contributed by atoms with E-state index in [9.17, 15) is 4.79 Å². The molecule has 0 radical (unpaired) electrons. The summed E-state index contributed by atoms with van der Waals surface area (Å²) in [7, 11) is 0. The van der Waals surface area contributed by atoms with Crippen molar-refractivity contribution in [3.8, 4) is 0 Å². The van der Waals surface area contributed by atoms with Gasteiger partial charge in [-0.25, -0.2) is 0 Å². The Morgan fingerprint density at radius 2 is 2.45 bits per heavy atom. The Hall–Kier alpha value is -1.51. The van der Waals surface area contributed by atoms with Crippen LogP contribution in [0.2, 0.25) is 0 Å². The molecule has 0 fully saturated rings. The number of fused-ring (bicyclic) bond motifs is 1. The summed E-state index contributed by atoms with van der Waals surface area (Å²) in [6.45, 7) is 0. The van der Waals surface area contributed by atoms with Crippen LogP contribution in [0.15, 0.2) is 33.5 Å². The Bertz CT molecular complexity index is 321. The number of allylic oxidation sites excluding steroid dienone is 4. The number of aldehydes is 1. The van der Waals surface area contributed by atoms with Crippen molar-refractivity contribution in [1.29, 1.82) is 0 Å². The number of rotatable bonds is 1. The van der Waals surface area contributed by atoms with Gasteiger partial charge in [0.2, 0.25) is 0 Å². The number of nitrogens with zero attached hydrogens (tertiary/aromatic N) is 2. The maximum atomic E-state index is 10.5. The van der Waals surface area contributed by atoms with Gasteiger partial charge in [-0.3, -0.25) is 4.79 Å². The van der Waals surface area contributed by atoms with E-state index in [0.29, 0.717) is 6.42 Å². The third kappa shape index (κ3) is 0.852. The van der Waals surface area contributed by atoms with Gasteiger partial charge in [0.1, 0.15) is 6.29 Å². The zero-order chi connectivity index (χ0) is 7.68. The molecule has 0 saturated carbocycles. The summed E-state index contributed by atoms with van der Waals surface area (Å²) in [6, 6.07) is 0. The Labute approximate surface area is 63.8 Å². The lowest BCUT2D eigenvalue weighted by atomic mass is 9.98. The predicted molar refractivity (Wildman–Crippen MR) is 42.8 cm³/mol. The fraction of sp³-hybridized carbons (Fsp3) is 0.125. The Kier molecular flexibility index (Phi) is 1.28. The van der Waals surface area contributed by atoms with Crippen molar-refractivity contribution in [2.75, 3.05) is 0 Å². The van der Waals surface area contributed by atoms with Gasteiger partial charge >= 0.3 is 0 Å². The van der Waals surface area contributed by atoms with E-state index in [0.717, 1.165) is 23.1 Å². The SMILES string of the molecule is O=CC1=C2C=NN=C2C=CC1. The van der Waals surface area contributed by atoms with Crippen LogP contribution in [0, 0.1) is 0 Å². The smallest absolute Gasteiger partial charge is 0.147 e. The molecule has 0 atom stereocenters. The molecule has 0 spiro atoms. The fourth-order valence-electron chi connectivity index (χ4n) is 1.16. The molecule has 1 aliphatic carbocycles. The molecular formula is C8H6N2O. The summed E-state index contributed by atoms with van der Waals surface area (Å²) >= 11 is 0. The molecule has 0 saturated heterocycles. The van der Waals surface area contributed by atoms with Gasteiger partial charge < -0.3 is 0 Å².